The summed E-state index contributed by atoms with van der Waals surface area (Å²) in [4.78, 5) is 15.0. The third-order valence-electron chi connectivity index (χ3n) is 3.50. The molecule has 1 aliphatic rings. The lowest BCUT2D eigenvalue weighted by molar-refractivity contribution is -0.117. The molecule has 20 heavy (non-hydrogen) atoms. The Morgan fingerprint density at radius 1 is 1.45 bits per heavy atom. The SMILES string of the molecule is NC(=O)CNCc1nc(C2CCc3ccccc32)no1. The average molecular weight is 272 g/mol. The van der Waals surface area contributed by atoms with Gasteiger partial charge >= 0.3 is 0 Å². The molecule has 6 heteroatoms. The van der Waals surface area contributed by atoms with E-state index in [0.717, 1.165) is 12.8 Å². The minimum absolute atomic E-state index is 0.101. The van der Waals surface area contributed by atoms with Crippen molar-refractivity contribution in [3.63, 3.8) is 0 Å². The smallest absolute Gasteiger partial charge is 0.240 e. The molecule has 0 saturated carbocycles. The number of benzene rings is 1. The van der Waals surface area contributed by atoms with Crippen molar-refractivity contribution in [2.45, 2.75) is 25.3 Å². The summed E-state index contributed by atoms with van der Waals surface area (Å²) in [7, 11) is 0. The largest absolute Gasteiger partial charge is 0.369 e. The highest BCUT2D eigenvalue weighted by Gasteiger charge is 2.27. The van der Waals surface area contributed by atoms with Crippen LogP contribution in [-0.2, 0) is 17.8 Å². The summed E-state index contributed by atoms with van der Waals surface area (Å²) < 4.78 is 5.20. The molecule has 3 N–H and O–H groups in total. The number of carbonyl (C=O) groups excluding carboxylic acids is 1. The molecular formula is C14H16N4O2. The van der Waals surface area contributed by atoms with Crippen LogP contribution in [0.3, 0.4) is 0 Å². The minimum Gasteiger partial charge on any atom is -0.369 e. The van der Waals surface area contributed by atoms with Crippen molar-refractivity contribution in [1.82, 2.24) is 15.5 Å². The molecule has 0 aliphatic heterocycles. The highest BCUT2D eigenvalue weighted by molar-refractivity contribution is 5.75. The number of hydrogen-bond donors (Lipinski definition) is 2. The number of nitrogens with one attached hydrogen (secondary N) is 1. The summed E-state index contributed by atoms with van der Waals surface area (Å²) in [6.45, 7) is 0.453. The molecule has 0 saturated heterocycles. The quantitative estimate of drug-likeness (QED) is 0.836. The first-order chi connectivity index (χ1) is 9.74. The number of aromatic nitrogens is 2. The zero-order valence-corrected chi connectivity index (χ0v) is 11.0. The van der Waals surface area contributed by atoms with Crippen molar-refractivity contribution in [3.05, 3.63) is 47.1 Å². The van der Waals surface area contributed by atoms with Crippen LogP contribution in [0.5, 0.6) is 0 Å². The molecule has 0 spiro atoms. The number of rotatable bonds is 5. The number of amides is 1. The summed E-state index contributed by atoms with van der Waals surface area (Å²) >= 11 is 0. The van der Waals surface area contributed by atoms with Crippen LogP contribution < -0.4 is 11.1 Å². The van der Waals surface area contributed by atoms with Crippen LogP contribution in [0.4, 0.5) is 0 Å². The van der Waals surface area contributed by atoms with E-state index >= 15 is 0 Å². The van der Waals surface area contributed by atoms with E-state index in [1.165, 1.54) is 11.1 Å². The van der Waals surface area contributed by atoms with E-state index in [2.05, 4.69) is 33.7 Å². The second kappa shape index (κ2) is 5.42. The van der Waals surface area contributed by atoms with Gasteiger partial charge in [0.2, 0.25) is 11.8 Å². The third-order valence-corrected chi connectivity index (χ3v) is 3.50. The van der Waals surface area contributed by atoms with Crippen LogP contribution in [0.15, 0.2) is 28.8 Å². The Labute approximate surface area is 116 Å². The molecule has 1 unspecified atom stereocenters. The van der Waals surface area contributed by atoms with Crippen molar-refractivity contribution in [3.8, 4) is 0 Å². The van der Waals surface area contributed by atoms with E-state index in [1.807, 2.05) is 6.07 Å². The van der Waals surface area contributed by atoms with E-state index in [4.69, 9.17) is 10.3 Å². The molecule has 3 rings (SSSR count). The van der Waals surface area contributed by atoms with E-state index in [9.17, 15) is 4.79 Å². The van der Waals surface area contributed by atoms with Gasteiger partial charge in [0.25, 0.3) is 0 Å². The minimum atomic E-state index is -0.408. The molecule has 1 amide bonds. The molecule has 6 nitrogen and oxygen atoms in total. The topological polar surface area (TPSA) is 94.0 Å². The molecular weight excluding hydrogens is 256 g/mol. The zero-order chi connectivity index (χ0) is 13.9. The van der Waals surface area contributed by atoms with Gasteiger partial charge in [-0.15, -0.1) is 0 Å². The lowest BCUT2D eigenvalue weighted by atomic mass is 10.0. The summed E-state index contributed by atoms with van der Waals surface area (Å²) in [5, 5.41) is 6.91. The lowest BCUT2D eigenvalue weighted by Crippen LogP contribution is -2.28. The van der Waals surface area contributed by atoms with Gasteiger partial charge in [0.1, 0.15) is 0 Å². The van der Waals surface area contributed by atoms with Gasteiger partial charge in [-0.25, -0.2) is 0 Å². The Morgan fingerprint density at radius 2 is 2.30 bits per heavy atom. The zero-order valence-electron chi connectivity index (χ0n) is 11.0. The number of carbonyl (C=O) groups is 1. The summed E-state index contributed by atoms with van der Waals surface area (Å²) in [6, 6.07) is 8.35. The van der Waals surface area contributed by atoms with Gasteiger partial charge in [0, 0.05) is 5.92 Å². The van der Waals surface area contributed by atoms with Crippen LogP contribution in [0.1, 0.15) is 35.2 Å². The first-order valence-electron chi connectivity index (χ1n) is 6.63. The molecule has 104 valence electrons. The molecule has 1 aromatic carbocycles. The van der Waals surface area contributed by atoms with Crippen molar-refractivity contribution < 1.29 is 9.32 Å². The summed E-state index contributed by atoms with van der Waals surface area (Å²) in [5.74, 6) is 0.991. The second-order valence-corrected chi connectivity index (χ2v) is 4.91. The Hall–Kier alpha value is -2.21. The molecule has 1 aliphatic carbocycles. The Bertz CT molecular complexity index is 623. The fourth-order valence-corrected chi connectivity index (χ4v) is 2.60. The van der Waals surface area contributed by atoms with Crippen molar-refractivity contribution in [2.24, 2.45) is 5.73 Å². The molecule has 1 atom stereocenters. The Morgan fingerprint density at radius 3 is 3.15 bits per heavy atom. The normalized spacial score (nSPS) is 17.1. The predicted octanol–water partition coefficient (Wildman–Crippen LogP) is 0.723. The van der Waals surface area contributed by atoms with Crippen molar-refractivity contribution >= 4 is 5.91 Å². The molecule has 1 heterocycles. The fourth-order valence-electron chi connectivity index (χ4n) is 2.60. The molecule has 2 aromatic rings. The molecule has 1 aromatic heterocycles. The predicted molar refractivity (Wildman–Crippen MR) is 71.8 cm³/mol. The standard InChI is InChI=1S/C14H16N4O2/c15-12(19)7-16-8-13-17-14(18-20-13)11-6-5-9-3-1-2-4-10(9)11/h1-4,11,16H,5-8H2,(H2,15,19). The average Bonchev–Trinajstić information content (AvgIpc) is 3.04. The van der Waals surface area contributed by atoms with Gasteiger partial charge in [-0.05, 0) is 24.0 Å². The van der Waals surface area contributed by atoms with E-state index in [0.29, 0.717) is 18.3 Å². The second-order valence-electron chi connectivity index (χ2n) is 4.91. The number of fused-ring (bicyclic) bond motifs is 1. The lowest BCUT2D eigenvalue weighted by Gasteiger charge is -2.05. The maximum atomic E-state index is 10.6. The van der Waals surface area contributed by atoms with Gasteiger partial charge in [-0.3, -0.25) is 10.1 Å². The van der Waals surface area contributed by atoms with Gasteiger partial charge in [-0.2, -0.15) is 4.98 Å². The summed E-state index contributed by atoms with van der Waals surface area (Å²) in [5.41, 5.74) is 7.69. The van der Waals surface area contributed by atoms with Crippen molar-refractivity contribution in [2.75, 3.05) is 6.54 Å². The van der Waals surface area contributed by atoms with Gasteiger partial charge < -0.3 is 10.3 Å². The first-order valence-corrected chi connectivity index (χ1v) is 6.63. The van der Waals surface area contributed by atoms with Crippen LogP contribution in [0.2, 0.25) is 0 Å². The number of nitrogens with two attached hydrogens (primary N) is 1. The van der Waals surface area contributed by atoms with Gasteiger partial charge in [0.15, 0.2) is 5.82 Å². The number of primary amides is 1. The number of nitrogens with zero attached hydrogens (tertiary/aromatic N) is 2. The monoisotopic (exact) mass is 272 g/mol. The maximum Gasteiger partial charge on any atom is 0.240 e. The third kappa shape index (κ3) is 2.55. The van der Waals surface area contributed by atoms with Crippen LogP contribution in [-0.4, -0.2) is 22.6 Å². The van der Waals surface area contributed by atoms with Gasteiger partial charge in [0.05, 0.1) is 13.1 Å². The first kappa shape index (κ1) is 12.8. The van der Waals surface area contributed by atoms with Gasteiger partial charge in [-0.1, -0.05) is 29.4 Å². The van der Waals surface area contributed by atoms with Crippen molar-refractivity contribution in [1.29, 1.82) is 0 Å². The highest BCUT2D eigenvalue weighted by Crippen LogP contribution is 2.36. The molecule has 0 bridgehead atoms. The number of hydrogen-bond acceptors (Lipinski definition) is 5. The van der Waals surface area contributed by atoms with E-state index < -0.39 is 5.91 Å². The number of aryl methyl sites for hydroxylation is 1. The van der Waals surface area contributed by atoms with E-state index in [1.54, 1.807) is 0 Å². The highest BCUT2D eigenvalue weighted by atomic mass is 16.5. The molecule has 0 radical (unpaired) electrons. The maximum absolute atomic E-state index is 10.6. The van der Waals surface area contributed by atoms with Crippen LogP contribution >= 0.6 is 0 Å². The van der Waals surface area contributed by atoms with Crippen LogP contribution in [0, 0.1) is 0 Å². The molecule has 0 fully saturated rings. The Kier molecular flexibility index (Phi) is 3.47. The van der Waals surface area contributed by atoms with E-state index in [-0.39, 0.29) is 12.5 Å². The fraction of sp³-hybridized carbons (Fsp3) is 0.357. The summed E-state index contributed by atoms with van der Waals surface area (Å²) in [6.07, 6.45) is 2.05. The van der Waals surface area contributed by atoms with Crippen LogP contribution in [0.25, 0.3) is 0 Å². The Balaban J connectivity index is 1.70.